The Hall–Kier alpha value is -3.97. The summed E-state index contributed by atoms with van der Waals surface area (Å²) in [4.78, 5) is 20.4. The van der Waals surface area contributed by atoms with Gasteiger partial charge in [0.25, 0.3) is 5.91 Å². The van der Waals surface area contributed by atoms with E-state index in [1.165, 1.54) is 11.3 Å². The summed E-state index contributed by atoms with van der Waals surface area (Å²) in [5, 5.41) is 5.14. The van der Waals surface area contributed by atoms with E-state index in [0.29, 0.717) is 23.8 Å². The number of anilines is 1. The maximum Gasteiger partial charge on any atom is 0.263 e. The van der Waals surface area contributed by atoms with Gasteiger partial charge in [0.15, 0.2) is 5.13 Å². The van der Waals surface area contributed by atoms with Crippen LogP contribution in [0.25, 0.3) is 15.9 Å². The van der Waals surface area contributed by atoms with Crippen molar-refractivity contribution in [1.82, 2.24) is 14.8 Å². The van der Waals surface area contributed by atoms with E-state index in [4.69, 9.17) is 9.72 Å². The molecule has 0 bridgehead atoms. The lowest BCUT2D eigenvalue weighted by atomic mass is 10.2. The van der Waals surface area contributed by atoms with Crippen LogP contribution in [0.5, 0.6) is 5.75 Å². The lowest BCUT2D eigenvalue weighted by molar-refractivity contribution is 0.0984. The van der Waals surface area contributed by atoms with Gasteiger partial charge in [0.1, 0.15) is 5.75 Å². The zero-order valence-electron chi connectivity index (χ0n) is 19.0. The first-order chi connectivity index (χ1) is 16.6. The van der Waals surface area contributed by atoms with Crippen LogP contribution in [-0.4, -0.2) is 27.3 Å². The Morgan fingerprint density at radius 1 is 1.03 bits per heavy atom. The second-order valence-corrected chi connectivity index (χ2v) is 8.84. The highest BCUT2D eigenvalue weighted by Gasteiger charge is 2.25. The number of fused-ring (bicyclic) bond motifs is 1. The Labute approximate surface area is 202 Å². The molecular formula is C27H24N4O2S. The number of thiazole rings is 1. The first kappa shape index (κ1) is 21.9. The fourth-order valence-electron chi connectivity index (χ4n) is 3.85. The Morgan fingerprint density at radius 3 is 2.50 bits per heavy atom. The Kier molecular flexibility index (Phi) is 6.10. The average Bonchev–Trinajstić information content (AvgIpc) is 3.46. The molecule has 0 aliphatic carbocycles. The normalized spacial score (nSPS) is 11.0. The molecule has 3 aromatic carbocycles. The number of benzene rings is 3. The molecule has 170 valence electrons. The number of ether oxygens (including phenoxy) is 1. The van der Waals surface area contributed by atoms with Crippen LogP contribution in [0.3, 0.4) is 0 Å². The molecule has 6 nitrogen and oxygen atoms in total. The number of rotatable bonds is 7. The van der Waals surface area contributed by atoms with Crippen molar-refractivity contribution >= 4 is 32.6 Å². The summed E-state index contributed by atoms with van der Waals surface area (Å²) in [6.45, 7) is 4.88. The van der Waals surface area contributed by atoms with Crippen molar-refractivity contribution in [2.75, 3.05) is 11.5 Å². The molecule has 0 aliphatic heterocycles. The summed E-state index contributed by atoms with van der Waals surface area (Å²) in [6.07, 6.45) is 1.64. The number of hydrogen-bond donors (Lipinski definition) is 0. The van der Waals surface area contributed by atoms with Crippen molar-refractivity contribution in [3.8, 4) is 11.4 Å². The van der Waals surface area contributed by atoms with Crippen LogP contribution in [0.4, 0.5) is 5.13 Å². The smallest absolute Gasteiger partial charge is 0.263 e. The molecule has 34 heavy (non-hydrogen) atoms. The maximum absolute atomic E-state index is 13.9. The van der Waals surface area contributed by atoms with E-state index in [1.54, 1.807) is 15.8 Å². The van der Waals surface area contributed by atoms with E-state index in [0.717, 1.165) is 32.9 Å². The summed E-state index contributed by atoms with van der Waals surface area (Å²) in [7, 11) is 0. The van der Waals surface area contributed by atoms with Crippen molar-refractivity contribution in [3.63, 3.8) is 0 Å². The molecule has 0 spiro atoms. The second kappa shape index (κ2) is 9.49. The van der Waals surface area contributed by atoms with E-state index < -0.39 is 0 Å². The van der Waals surface area contributed by atoms with Gasteiger partial charge in [-0.1, -0.05) is 59.9 Å². The average molecular weight is 469 g/mol. The molecule has 1 amide bonds. The van der Waals surface area contributed by atoms with Crippen LogP contribution >= 0.6 is 11.3 Å². The largest absolute Gasteiger partial charge is 0.494 e. The van der Waals surface area contributed by atoms with Crippen molar-refractivity contribution in [2.45, 2.75) is 20.4 Å². The topological polar surface area (TPSA) is 60.2 Å². The van der Waals surface area contributed by atoms with Gasteiger partial charge >= 0.3 is 0 Å². The van der Waals surface area contributed by atoms with Gasteiger partial charge in [0.2, 0.25) is 0 Å². The Morgan fingerprint density at radius 2 is 1.76 bits per heavy atom. The molecule has 0 saturated heterocycles. The SMILES string of the molecule is CCOc1ccc2nc(N(Cc3ccccc3)C(=O)c3cnn(-c4ccccc4)c3C)sc2c1. The molecule has 0 N–H and O–H groups in total. The highest BCUT2D eigenvalue weighted by atomic mass is 32.1. The first-order valence-electron chi connectivity index (χ1n) is 11.1. The van der Waals surface area contributed by atoms with Crippen molar-refractivity contribution in [3.05, 3.63) is 102 Å². The van der Waals surface area contributed by atoms with Gasteiger partial charge in [-0.05, 0) is 49.7 Å². The zero-order valence-corrected chi connectivity index (χ0v) is 19.8. The second-order valence-electron chi connectivity index (χ2n) is 7.83. The van der Waals surface area contributed by atoms with Gasteiger partial charge in [0.05, 0.1) is 46.5 Å². The molecule has 0 radical (unpaired) electrons. The molecule has 0 atom stereocenters. The predicted octanol–water partition coefficient (Wildman–Crippen LogP) is 6.04. The van der Waals surface area contributed by atoms with Crippen LogP contribution in [0.2, 0.25) is 0 Å². The predicted molar refractivity (Wildman–Crippen MR) is 136 cm³/mol. The summed E-state index contributed by atoms with van der Waals surface area (Å²) >= 11 is 1.48. The van der Waals surface area contributed by atoms with Gasteiger partial charge in [-0.2, -0.15) is 5.10 Å². The first-order valence-corrected chi connectivity index (χ1v) is 11.9. The highest BCUT2D eigenvalue weighted by molar-refractivity contribution is 7.22. The lowest BCUT2D eigenvalue weighted by Gasteiger charge is -2.20. The number of para-hydroxylation sites is 1. The Balaban J connectivity index is 1.55. The summed E-state index contributed by atoms with van der Waals surface area (Å²) in [6, 6.07) is 25.6. The third kappa shape index (κ3) is 4.30. The summed E-state index contributed by atoms with van der Waals surface area (Å²) in [5.74, 6) is 0.665. The summed E-state index contributed by atoms with van der Waals surface area (Å²) in [5.41, 5.74) is 4.12. The van der Waals surface area contributed by atoms with Crippen LogP contribution in [0.1, 0.15) is 28.5 Å². The summed E-state index contributed by atoms with van der Waals surface area (Å²) < 4.78 is 8.41. The maximum atomic E-state index is 13.9. The molecule has 5 rings (SSSR count). The van der Waals surface area contributed by atoms with Crippen LogP contribution in [-0.2, 0) is 6.54 Å². The third-order valence-corrected chi connectivity index (χ3v) is 6.60. The number of nitrogens with zero attached hydrogens (tertiary/aromatic N) is 4. The molecule has 0 unspecified atom stereocenters. The fourth-order valence-corrected chi connectivity index (χ4v) is 4.84. The number of carbonyl (C=O) groups is 1. The van der Waals surface area contributed by atoms with E-state index >= 15 is 0 Å². The Bertz CT molecular complexity index is 1430. The van der Waals surface area contributed by atoms with E-state index in [1.807, 2.05) is 92.7 Å². The van der Waals surface area contributed by atoms with Crippen LogP contribution in [0, 0.1) is 6.92 Å². The molecule has 5 aromatic rings. The molecular weight excluding hydrogens is 444 g/mol. The molecule has 0 aliphatic rings. The van der Waals surface area contributed by atoms with Crippen molar-refractivity contribution < 1.29 is 9.53 Å². The van der Waals surface area contributed by atoms with E-state index in [9.17, 15) is 4.79 Å². The van der Waals surface area contributed by atoms with Crippen LogP contribution < -0.4 is 9.64 Å². The van der Waals surface area contributed by atoms with Gasteiger partial charge < -0.3 is 4.74 Å². The molecule has 2 aromatic heterocycles. The monoisotopic (exact) mass is 468 g/mol. The van der Waals surface area contributed by atoms with Gasteiger partial charge in [-0.15, -0.1) is 0 Å². The molecule has 7 heteroatoms. The number of carbonyl (C=O) groups excluding carboxylic acids is 1. The zero-order chi connectivity index (χ0) is 23.5. The fraction of sp³-hybridized carbons (Fsp3) is 0.148. The molecule has 0 saturated carbocycles. The quantitative estimate of drug-likeness (QED) is 0.292. The van der Waals surface area contributed by atoms with Crippen LogP contribution in [0.15, 0.2) is 85.1 Å². The molecule has 2 heterocycles. The van der Waals surface area contributed by atoms with E-state index in [-0.39, 0.29) is 5.91 Å². The number of hydrogen-bond acceptors (Lipinski definition) is 5. The van der Waals surface area contributed by atoms with Crippen molar-refractivity contribution in [2.24, 2.45) is 0 Å². The highest BCUT2D eigenvalue weighted by Crippen LogP contribution is 2.33. The number of aromatic nitrogens is 3. The standard InChI is InChI=1S/C27H24N4O2S/c1-3-33-22-14-15-24-25(16-22)34-27(29-24)30(18-20-10-6-4-7-11-20)26(32)23-17-28-31(19(23)2)21-12-8-5-9-13-21/h4-17H,3,18H2,1-2H3. The third-order valence-electron chi connectivity index (χ3n) is 5.56. The van der Waals surface area contributed by atoms with Gasteiger partial charge in [-0.3, -0.25) is 9.69 Å². The van der Waals surface area contributed by atoms with E-state index in [2.05, 4.69) is 5.10 Å². The van der Waals surface area contributed by atoms with Gasteiger partial charge in [-0.25, -0.2) is 9.67 Å². The van der Waals surface area contributed by atoms with Gasteiger partial charge in [0, 0.05) is 0 Å². The van der Waals surface area contributed by atoms with Crippen molar-refractivity contribution in [1.29, 1.82) is 0 Å². The lowest BCUT2D eigenvalue weighted by Crippen LogP contribution is -2.30. The minimum atomic E-state index is -0.132. The minimum Gasteiger partial charge on any atom is -0.494 e. The molecule has 0 fully saturated rings. The minimum absolute atomic E-state index is 0.132. The number of amides is 1.